The number of rotatable bonds is 2. The van der Waals surface area contributed by atoms with E-state index in [1.54, 1.807) is 13.2 Å². The lowest BCUT2D eigenvalue weighted by molar-refractivity contribution is -0.188. The second-order valence-corrected chi connectivity index (χ2v) is 9.26. The highest BCUT2D eigenvalue weighted by Gasteiger charge is 2.67. The van der Waals surface area contributed by atoms with Crippen LogP contribution >= 0.6 is 0 Å². The number of ketones is 1. The van der Waals surface area contributed by atoms with Crippen LogP contribution in [0.2, 0.25) is 0 Å². The second-order valence-electron chi connectivity index (χ2n) is 9.26. The van der Waals surface area contributed by atoms with Crippen LogP contribution in [0.5, 0.6) is 0 Å². The van der Waals surface area contributed by atoms with Crippen molar-refractivity contribution in [3.05, 3.63) is 12.7 Å². The van der Waals surface area contributed by atoms with Crippen LogP contribution in [0.25, 0.3) is 0 Å². The van der Waals surface area contributed by atoms with E-state index in [1.807, 2.05) is 6.92 Å². The van der Waals surface area contributed by atoms with Gasteiger partial charge < -0.3 is 9.84 Å². The first-order valence-corrected chi connectivity index (χ1v) is 9.56. The Kier molecular flexibility index (Phi) is 4.28. The van der Waals surface area contributed by atoms with Gasteiger partial charge in [0.1, 0.15) is 5.78 Å². The number of aliphatic hydroxyl groups excluding tert-OH is 1. The summed E-state index contributed by atoms with van der Waals surface area (Å²) < 4.78 is 5.89. The number of carbonyl (C=O) groups excluding carboxylic acids is 1. The lowest BCUT2D eigenvalue weighted by Gasteiger charge is -2.61. The van der Waals surface area contributed by atoms with E-state index in [0.717, 1.165) is 25.7 Å². The third-order valence-electron chi connectivity index (χ3n) is 8.57. The van der Waals surface area contributed by atoms with E-state index in [9.17, 15) is 9.90 Å². The van der Waals surface area contributed by atoms with Crippen LogP contribution in [0.1, 0.15) is 59.8 Å². The molecule has 1 N–H and O–H groups in total. The summed E-state index contributed by atoms with van der Waals surface area (Å²) in [7, 11) is 1.79. The van der Waals surface area contributed by atoms with Gasteiger partial charge in [-0.1, -0.05) is 26.8 Å². The van der Waals surface area contributed by atoms with Crippen molar-refractivity contribution in [2.45, 2.75) is 72.0 Å². The maximum Gasteiger partial charge on any atom is 0.145 e. The molecule has 3 saturated carbocycles. The average molecular weight is 334 g/mol. The number of carbonyl (C=O) groups is 1. The zero-order chi connectivity index (χ0) is 17.9. The molecule has 3 rings (SSSR count). The Morgan fingerprint density at radius 1 is 1.25 bits per heavy atom. The largest absolute Gasteiger partial charge is 0.392 e. The van der Waals surface area contributed by atoms with Crippen molar-refractivity contribution in [2.75, 3.05) is 7.11 Å². The van der Waals surface area contributed by atoms with Gasteiger partial charge in [0.25, 0.3) is 0 Å². The molecular weight excluding hydrogens is 300 g/mol. The zero-order valence-corrected chi connectivity index (χ0v) is 16.0. The van der Waals surface area contributed by atoms with Crippen molar-refractivity contribution >= 4 is 5.78 Å². The molecule has 0 aromatic heterocycles. The number of ether oxygens (including phenoxy) is 1. The Balaban J connectivity index is 2.21. The van der Waals surface area contributed by atoms with E-state index in [4.69, 9.17) is 4.74 Å². The van der Waals surface area contributed by atoms with Crippen LogP contribution in [-0.2, 0) is 9.53 Å². The molecule has 0 radical (unpaired) electrons. The highest BCUT2D eigenvalue weighted by Crippen LogP contribution is 2.68. The van der Waals surface area contributed by atoms with Gasteiger partial charge in [-0.15, -0.1) is 6.58 Å². The molecule has 3 fully saturated rings. The summed E-state index contributed by atoms with van der Waals surface area (Å²) in [6.07, 6.45) is 6.08. The maximum atomic E-state index is 13.4. The summed E-state index contributed by atoms with van der Waals surface area (Å²) in [5.74, 6) is 0.929. The van der Waals surface area contributed by atoms with E-state index in [-0.39, 0.29) is 34.6 Å². The van der Waals surface area contributed by atoms with Crippen LogP contribution in [0, 0.1) is 34.0 Å². The fourth-order valence-corrected chi connectivity index (χ4v) is 6.66. The molecule has 0 aliphatic heterocycles. The summed E-state index contributed by atoms with van der Waals surface area (Å²) in [5.41, 5.74) is -0.889. The first-order valence-electron chi connectivity index (χ1n) is 9.56. The summed E-state index contributed by atoms with van der Waals surface area (Å²) in [4.78, 5) is 13.4. The average Bonchev–Trinajstić information content (AvgIpc) is 2.96. The number of methoxy groups -OCH3 is 1. The summed E-state index contributed by atoms with van der Waals surface area (Å²) in [5, 5.41) is 11.3. The van der Waals surface area contributed by atoms with Crippen molar-refractivity contribution in [3.63, 3.8) is 0 Å². The minimum Gasteiger partial charge on any atom is -0.392 e. The molecule has 0 spiro atoms. The third-order valence-corrected chi connectivity index (χ3v) is 8.57. The van der Waals surface area contributed by atoms with Crippen molar-refractivity contribution in [1.29, 1.82) is 0 Å². The maximum absolute atomic E-state index is 13.4. The van der Waals surface area contributed by atoms with E-state index in [1.165, 1.54) is 0 Å². The number of hydrogen-bond acceptors (Lipinski definition) is 3. The Morgan fingerprint density at radius 2 is 1.88 bits per heavy atom. The lowest BCUT2D eigenvalue weighted by Crippen LogP contribution is -2.62. The molecule has 0 saturated heterocycles. The van der Waals surface area contributed by atoms with Gasteiger partial charge in [0.2, 0.25) is 0 Å². The number of allylic oxidation sites excluding steroid dienone is 1. The molecule has 8 atom stereocenters. The quantitative estimate of drug-likeness (QED) is 0.777. The fourth-order valence-electron chi connectivity index (χ4n) is 6.66. The Labute approximate surface area is 146 Å². The smallest absolute Gasteiger partial charge is 0.145 e. The van der Waals surface area contributed by atoms with Crippen LogP contribution in [0.15, 0.2) is 12.7 Å². The van der Waals surface area contributed by atoms with Crippen molar-refractivity contribution in [3.8, 4) is 0 Å². The van der Waals surface area contributed by atoms with Gasteiger partial charge in [-0.2, -0.15) is 0 Å². The van der Waals surface area contributed by atoms with Crippen molar-refractivity contribution in [1.82, 2.24) is 0 Å². The zero-order valence-electron chi connectivity index (χ0n) is 16.0. The highest BCUT2D eigenvalue weighted by molar-refractivity contribution is 5.89. The molecule has 3 nitrogen and oxygen atoms in total. The molecule has 136 valence electrons. The predicted molar refractivity (Wildman–Crippen MR) is 95.6 cm³/mol. The highest BCUT2D eigenvalue weighted by atomic mass is 16.5. The van der Waals surface area contributed by atoms with Crippen molar-refractivity contribution < 1.29 is 14.6 Å². The van der Waals surface area contributed by atoms with Gasteiger partial charge in [0.05, 0.1) is 12.2 Å². The topological polar surface area (TPSA) is 46.5 Å². The molecule has 0 unspecified atom stereocenters. The van der Waals surface area contributed by atoms with E-state index in [2.05, 4.69) is 27.4 Å². The minimum atomic E-state index is -0.639. The standard InChI is InChI=1S/C21H34O3/c1-7-19(4)12-16(22)20(5)13(2)8-10-21(14(3)18(19)23)11-9-15(24-6)17(20)21/h7,13-17,22H,1,8-12H2,2-6H3/t13-,14+,15-,16-,17-,19-,20+,21+/m1/s1. The number of Topliss-reactive ketones (excluding diaryl/α,β-unsaturated/α-hetero) is 1. The first kappa shape index (κ1) is 18.1. The van der Waals surface area contributed by atoms with Gasteiger partial charge in [0.15, 0.2) is 0 Å². The van der Waals surface area contributed by atoms with Gasteiger partial charge in [-0.25, -0.2) is 0 Å². The summed E-state index contributed by atoms with van der Waals surface area (Å²) in [6, 6.07) is 0. The van der Waals surface area contributed by atoms with Crippen LogP contribution in [-0.4, -0.2) is 30.2 Å². The normalized spacial score (nSPS) is 54.8. The second kappa shape index (κ2) is 5.67. The Morgan fingerprint density at radius 3 is 2.46 bits per heavy atom. The molecule has 0 aromatic carbocycles. The van der Waals surface area contributed by atoms with E-state index in [0.29, 0.717) is 12.3 Å². The number of hydrogen-bond donors (Lipinski definition) is 1. The van der Waals surface area contributed by atoms with Gasteiger partial charge >= 0.3 is 0 Å². The van der Waals surface area contributed by atoms with Crippen molar-refractivity contribution in [2.24, 2.45) is 34.0 Å². The first-order chi connectivity index (χ1) is 11.2. The van der Waals surface area contributed by atoms with E-state index >= 15 is 0 Å². The number of aliphatic hydroxyl groups is 1. The summed E-state index contributed by atoms with van der Waals surface area (Å²) in [6.45, 7) is 12.6. The Bertz CT molecular complexity index is 543. The molecule has 0 amide bonds. The molecule has 3 aliphatic carbocycles. The van der Waals surface area contributed by atoms with Crippen LogP contribution in [0.3, 0.4) is 0 Å². The lowest BCUT2D eigenvalue weighted by atomic mass is 9.44. The molecule has 3 heteroatoms. The minimum absolute atomic E-state index is 0.00928. The van der Waals surface area contributed by atoms with Gasteiger partial charge in [0, 0.05) is 23.9 Å². The molecular formula is C21H34O3. The molecule has 2 bridgehead atoms. The van der Waals surface area contributed by atoms with Gasteiger partial charge in [-0.05, 0) is 56.3 Å². The van der Waals surface area contributed by atoms with Crippen LogP contribution < -0.4 is 0 Å². The Hall–Kier alpha value is -0.670. The molecule has 24 heavy (non-hydrogen) atoms. The summed E-state index contributed by atoms with van der Waals surface area (Å²) >= 11 is 0. The SMILES string of the molecule is C=C[C@]1(C)C[C@@H](O)[C@]2(C)[C@H](C)CC[C@]3(CC[C@@H](OC)[C@@H]32)[C@@H](C)C1=O. The monoisotopic (exact) mass is 334 g/mol. The third kappa shape index (κ3) is 2.07. The fraction of sp³-hybridized carbons (Fsp3) is 0.857. The van der Waals surface area contributed by atoms with E-state index < -0.39 is 11.5 Å². The predicted octanol–water partition coefficient (Wildman–Crippen LogP) is 4.00. The van der Waals surface area contributed by atoms with Crippen LogP contribution in [0.4, 0.5) is 0 Å². The van der Waals surface area contributed by atoms with Gasteiger partial charge in [-0.3, -0.25) is 4.79 Å². The molecule has 0 aromatic rings. The molecule has 0 heterocycles. The molecule has 3 aliphatic rings.